The maximum atomic E-state index is 11.6. The molecule has 0 unspecified atom stereocenters. The van der Waals surface area contributed by atoms with Crippen LogP contribution in [-0.2, 0) is 9.59 Å². The van der Waals surface area contributed by atoms with E-state index >= 15 is 0 Å². The average molecular weight is 312 g/mol. The third kappa shape index (κ3) is 3.97. The number of benzene rings is 2. The van der Waals surface area contributed by atoms with Gasteiger partial charge < -0.3 is 14.9 Å². The predicted octanol–water partition coefficient (Wildman–Crippen LogP) is 3.06. The highest BCUT2D eigenvalue weighted by Crippen LogP contribution is 2.30. The molecule has 0 atom stereocenters. The monoisotopic (exact) mass is 312 g/mol. The third-order valence-corrected chi connectivity index (χ3v) is 3.31. The van der Waals surface area contributed by atoms with Gasteiger partial charge >= 0.3 is 11.9 Å². The first-order valence-electron chi connectivity index (χ1n) is 6.91. The van der Waals surface area contributed by atoms with Crippen LogP contribution in [0.5, 0.6) is 5.75 Å². The number of carbonyl (C=O) groups is 2. The number of methoxy groups -OCH3 is 1. The summed E-state index contributed by atoms with van der Waals surface area (Å²) in [5, 5.41) is 18.5. The molecule has 0 aliphatic rings. The van der Waals surface area contributed by atoms with Crippen LogP contribution in [0.4, 0.5) is 0 Å². The highest BCUT2D eigenvalue weighted by Gasteiger charge is 2.20. The third-order valence-electron chi connectivity index (χ3n) is 3.31. The summed E-state index contributed by atoms with van der Waals surface area (Å²) in [5.41, 5.74) is 1.44. The molecule has 0 saturated carbocycles. The summed E-state index contributed by atoms with van der Waals surface area (Å²) in [7, 11) is 1.51. The highest BCUT2D eigenvalue weighted by molar-refractivity contribution is 6.04. The van der Waals surface area contributed by atoms with Gasteiger partial charge in [-0.05, 0) is 23.3 Å². The van der Waals surface area contributed by atoms with E-state index in [2.05, 4.69) is 0 Å². The zero-order valence-electron chi connectivity index (χ0n) is 12.5. The summed E-state index contributed by atoms with van der Waals surface area (Å²) in [6.07, 6.45) is -0.573. The smallest absolute Gasteiger partial charge is 0.332 e. The normalized spacial score (nSPS) is 11.5. The van der Waals surface area contributed by atoms with Crippen molar-refractivity contribution >= 4 is 17.5 Å². The molecule has 5 heteroatoms. The van der Waals surface area contributed by atoms with Gasteiger partial charge in [0.15, 0.2) is 0 Å². The largest absolute Gasteiger partial charge is 0.497 e. The molecule has 118 valence electrons. The van der Waals surface area contributed by atoms with Crippen molar-refractivity contribution in [3.8, 4) is 5.75 Å². The zero-order chi connectivity index (χ0) is 16.8. The summed E-state index contributed by atoms with van der Waals surface area (Å²) >= 11 is 0. The van der Waals surface area contributed by atoms with Gasteiger partial charge in [0.25, 0.3) is 0 Å². The van der Waals surface area contributed by atoms with Gasteiger partial charge in [-0.15, -0.1) is 0 Å². The Bertz CT molecular complexity index is 747. The Morgan fingerprint density at radius 3 is 2.17 bits per heavy atom. The lowest BCUT2D eigenvalue weighted by Crippen LogP contribution is -2.10. The summed E-state index contributed by atoms with van der Waals surface area (Å²) in [4.78, 5) is 22.7. The van der Waals surface area contributed by atoms with Gasteiger partial charge in [0, 0.05) is 5.57 Å². The van der Waals surface area contributed by atoms with E-state index < -0.39 is 18.4 Å². The van der Waals surface area contributed by atoms with Crippen molar-refractivity contribution in [1.29, 1.82) is 0 Å². The maximum Gasteiger partial charge on any atom is 0.332 e. The molecule has 2 rings (SSSR count). The molecule has 0 aromatic heterocycles. The maximum absolute atomic E-state index is 11.6. The number of ether oxygens (including phenoxy) is 1. The van der Waals surface area contributed by atoms with Crippen molar-refractivity contribution in [1.82, 2.24) is 0 Å². The van der Waals surface area contributed by atoms with Gasteiger partial charge in [0.05, 0.1) is 19.1 Å². The molecule has 0 saturated heterocycles. The van der Waals surface area contributed by atoms with Gasteiger partial charge in [0.1, 0.15) is 5.75 Å². The van der Waals surface area contributed by atoms with Crippen LogP contribution in [0.1, 0.15) is 17.5 Å². The van der Waals surface area contributed by atoms with E-state index in [1.165, 1.54) is 7.11 Å². The van der Waals surface area contributed by atoms with Gasteiger partial charge in [-0.2, -0.15) is 0 Å². The van der Waals surface area contributed by atoms with E-state index in [0.29, 0.717) is 22.4 Å². The standard InChI is InChI=1S/C18H16O5/c1-23-14-9-5-8-13(10-14)17(12-6-3-2-4-7-12)15(18(21)22)11-16(19)20/h2-10H,11H2,1H3,(H,19,20)(H,21,22). The molecule has 0 radical (unpaired) electrons. The van der Waals surface area contributed by atoms with Crippen molar-refractivity contribution in [2.75, 3.05) is 7.11 Å². The molecule has 2 aromatic rings. The first kappa shape index (κ1) is 16.3. The molecular formula is C18H16O5. The fraction of sp³-hybridized carbons (Fsp3) is 0.111. The first-order valence-corrected chi connectivity index (χ1v) is 6.91. The Morgan fingerprint density at radius 1 is 0.957 bits per heavy atom. The van der Waals surface area contributed by atoms with Crippen LogP contribution in [0.2, 0.25) is 0 Å². The lowest BCUT2D eigenvalue weighted by molar-refractivity contribution is -0.139. The van der Waals surface area contributed by atoms with Crippen molar-refractivity contribution in [3.63, 3.8) is 0 Å². The van der Waals surface area contributed by atoms with Crippen LogP contribution in [0.15, 0.2) is 60.2 Å². The fourth-order valence-corrected chi connectivity index (χ4v) is 2.32. The van der Waals surface area contributed by atoms with Crippen LogP contribution in [0.25, 0.3) is 5.57 Å². The van der Waals surface area contributed by atoms with Gasteiger partial charge in [0.2, 0.25) is 0 Å². The van der Waals surface area contributed by atoms with E-state index in [4.69, 9.17) is 9.84 Å². The minimum atomic E-state index is -1.26. The fourth-order valence-electron chi connectivity index (χ4n) is 2.32. The topological polar surface area (TPSA) is 83.8 Å². The van der Waals surface area contributed by atoms with Crippen LogP contribution < -0.4 is 4.74 Å². The molecule has 0 bridgehead atoms. The number of hydrogen-bond donors (Lipinski definition) is 2. The van der Waals surface area contributed by atoms with E-state index in [-0.39, 0.29) is 5.57 Å². The Labute approximate surface area is 133 Å². The molecule has 2 N–H and O–H groups in total. The molecule has 5 nitrogen and oxygen atoms in total. The second-order valence-corrected chi connectivity index (χ2v) is 4.83. The Morgan fingerprint density at radius 2 is 1.61 bits per heavy atom. The van der Waals surface area contributed by atoms with Gasteiger partial charge in [-0.25, -0.2) is 4.79 Å². The molecule has 23 heavy (non-hydrogen) atoms. The van der Waals surface area contributed by atoms with E-state index in [1.807, 2.05) is 6.07 Å². The number of rotatable bonds is 6. The molecule has 0 fully saturated rings. The molecule has 0 spiro atoms. The van der Waals surface area contributed by atoms with Crippen molar-refractivity contribution in [2.24, 2.45) is 0 Å². The molecule has 0 aliphatic heterocycles. The molecule has 0 amide bonds. The second-order valence-electron chi connectivity index (χ2n) is 4.83. The van der Waals surface area contributed by atoms with Crippen LogP contribution >= 0.6 is 0 Å². The molecular weight excluding hydrogens is 296 g/mol. The molecule has 0 heterocycles. The quantitative estimate of drug-likeness (QED) is 0.801. The van der Waals surface area contributed by atoms with Crippen molar-refractivity contribution in [3.05, 3.63) is 71.3 Å². The van der Waals surface area contributed by atoms with Crippen LogP contribution in [0, 0.1) is 0 Å². The van der Waals surface area contributed by atoms with Crippen molar-refractivity contribution < 1.29 is 24.5 Å². The summed E-state index contributed by atoms with van der Waals surface area (Å²) in [6, 6.07) is 15.7. The SMILES string of the molecule is COc1cccc(C(=C(CC(=O)O)C(=O)O)c2ccccc2)c1. The highest BCUT2D eigenvalue weighted by atomic mass is 16.5. The Kier molecular flexibility index (Phi) is 5.15. The van der Waals surface area contributed by atoms with Crippen LogP contribution in [-0.4, -0.2) is 29.3 Å². The Balaban J connectivity index is 2.73. The summed E-state index contributed by atoms with van der Waals surface area (Å²) in [5.74, 6) is -1.89. The van der Waals surface area contributed by atoms with Crippen LogP contribution in [0.3, 0.4) is 0 Å². The first-order chi connectivity index (χ1) is 11.0. The zero-order valence-corrected chi connectivity index (χ0v) is 12.5. The number of hydrogen-bond acceptors (Lipinski definition) is 3. The number of aliphatic carboxylic acids is 2. The van der Waals surface area contributed by atoms with E-state index in [1.54, 1.807) is 48.5 Å². The van der Waals surface area contributed by atoms with E-state index in [0.717, 1.165) is 0 Å². The Hall–Kier alpha value is -3.08. The van der Waals surface area contributed by atoms with Gasteiger partial charge in [-0.1, -0.05) is 42.5 Å². The minimum absolute atomic E-state index is 0.169. The lowest BCUT2D eigenvalue weighted by Gasteiger charge is -2.13. The lowest BCUT2D eigenvalue weighted by atomic mass is 9.91. The number of carboxylic acids is 2. The summed E-state index contributed by atoms with van der Waals surface area (Å²) < 4.78 is 5.18. The minimum Gasteiger partial charge on any atom is -0.497 e. The summed E-state index contributed by atoms with van der Waals surface area (Å²) in [6.45, 7) is 0. The molecule has 2 aromatic carbocycles. The molecule has 0 aliphatic carbocycles. The average Bonchev–Trinajstić information content (AvgIpc) is 2.55. The van der Waals surface area contributed by atoms with Crippen molar-refractivity contribution in [2.45, 2.75) is 6.42 Å². The number of carboxylic acid groups (broad SMARTS) is 2. The van der Waals surface area contributed by atoms with Gasteiger partial charge in [-0.3, -0.25) is 4.79 Å². The second kappa shape index (κ2) is 7.26. The van der Waals surface area contributed by atoms with E-state index in [9.17, 15) is 14.7 Å². The predicted molar refractivity (Wildman–Crippen MR) is 85.3 cm³/mol.